The van der Waals surface area contributed by atoms with Crippen LogP contribution in [-0.4, -0.2) is 77.0 Å². The molecule has 0 spiro atoms. The Labute approximate surface area is 201 Å². The van der Waals surface area contributed by atoms with E-state index in [4.69, 9.17) is 22.3 Å². The molecule has 0 aliphatic heterocycles. The Morgan fingerprint density at radius 1 is 0.943 bits per heavy atom. The van der Waals surface area contributed by atoms with Crippen LogP contribution in [-0.2, 0) is 30.4 Å². The number of amides is 3. The number of nitrogens with zero attached hydrogens (tertiary/aromatic N) is 1. The number of hydrogen-bond donors (Lipinski definition) is 8. The molecule has 0 radical (unpaired) electrons. The molecule has 0 saturated carbocycles. The number of aliphatic imine (C=N–C) groups is 1. The van der Waals surface area contributed by atoms with Crippen molar-refractivity contribution in [3.05, 3.63) is 35.9 Å². The number of benzene rings is 1. The Morgan fingerprint density at radius 3 is 2.17 bits per heavy atom. The summed E-state index contributed by atoms with van der Waals surface area (Å²) in [6.45, 7) is -0.373. The molecule has 3 amide bonds. The van der Waals surface area contributed by atoms with Crippen LogP contribution in [0, 0.1) is 0 Å². The summed E-state index contributed by atoms with van der Waals surface area (Å²) in [5.74, 6) is -5.03. The molecule has 0 bridgehead atoms. The van der Waals surface area contributed by atoms with Crippen molar-refractivity contribution in [2.75, 3.05) is 13.1 Å². The molecule has 3 unspecified atom stereocenters. The number of nitrogens with two attached hydrogens (primary N) is 3. The van der Waals surface area contributed by atoms with Crippen LogP contribution in [0.4, 0.5) is 0 Å². The van der Waals surface area contributed by atoms with Gasteiger partial charge < -0.3 is 43.4 Å². The molecular formula is C21H31N7O7. The Bertz CT molecular complexity index is 920. The minimum atomic E-state index is -1.38. The largest absolute Gasteiger partial charge is 0.481 e. The average Bonchev–Trinajstić information content (AvgIpc) is 2.78. The third-order valence-corrected chi connectivity index (χ3v) is 4.65. The zero-order valence-corrected chi connectivity index (χ0v) is 19.0. The number of nitrogens with one attached hydrogen (secondary N) is 3. The summed E-state index contributed by atoms with van der Waals surface area (Å²) >= 11 is 0. The molecule has 1 aromatic rings. The van der Waals surface area contributed by atoms with Crippen molar-refractivity contribution in [2.45, 2.75) is 43.8 Å². The molecule has 1 aromatic carbocycles. The molecule has 3 atom stereocenters. The molecule has 11 N–H and O–H groups in total. The van der Waals surface area contributed by atoms with E-state index in [1.807, 2.05) is 0 Å². The highest BCUT2D eigenvalue weighted by Crippen LogP contribution is 2.05. The van der Waals surface area contributed by atoms with Gasteiger partial charge in [-0.1, -0.05) is 30.3 Å². The van der Waals surface area contributed by atoms with E-state index < -0.39 is 60.8 Å². The van der Waals surface area contributed by atoms with Gasteiger partial charge in [-0.3, -0.25) is 24.2 Å². The van der Waals surface area contributed by atoms with Crippen molar-refractivity contribution >= 4 is 35.6 Å². The van der Waals surface area contributed by atoms with Gasteiger partial charge in [-0.15, -0.1) is 0 Å². The van der Waals surface area contributed by atoms with E-state index in [2.05, 4.69) is 20.9 Å². The fourth-order valence-electron chi connectivity index (χ4n) is 2.92. The van der Waals surface area contributed by atoms with Crippen LogP contribution in [0.2, 0.25) is 0 Å². The van der Waals surface area contributed by atoms with Gasteiger partial charge in [0.1, 0.15) is 12.1 Å². The standard InChI is InChI=1S/C21H31N7O7/c22-13(10-17(30)31)18(32)28-15(9-12-5-2-1-3-6-12)19(33)26-11-16(29)27-14(20(34)35)7-4-8-25-21(23)24/h1-3,5-6,13-15H,4,7-11,22H2,(H,26,33)(H,27,29)(H,28,32)(H,30,31)(H,34,35)(H4,23,24,25). The van der Waals surface area contributed by atoms with Crippen molar-refractivity contribution in [3.8, 4) is 0 Å². The quantitative estimate of drug-likeness (QED) is 0.0710. The number of carbonyl (C=O) groups is 5. The number of guanidine groups is 1. The molecule has 0 aromatic heterocycles. The first-order chi connectivity index (χ1) is 16.5. The van der Waals surface area contributed by atoms with E-state index in [0.717, 1.165) is 0 Å². The van der Waals surface area contributed by atoms with E-state index in [-0.39, 0.29) is 25.3 Å². The van der Waals surface area contributed by atoms with Gasteiger partial charge in [-0.25, -0.2) is 4.79 Å². The molecule has 0 heterocycles. The minimum absolute atomic E-state index is 0.0440. The lowest BCUT2D eigenvalue weighted by Gasteiger charge is -2.21. The van der Waals surface area contributed by atoms with E-state index in [1.54, 1.807) is 30.3 Å². The van der Waals surface area contributed by atoms with Gasteiger partial charge in [0, 0.05) is 13.0 Å². The van der Waals surface area contributed by atoms with Crippen LogP contribution in [0.15, 0.2) is 35.3 Å². The highest BCUT2D eigenvalue weighted by molar-refractivity contribution is 5.93. The van der Waals surface area contributed by atoms with Crippen LogP contribution >= 0.6 is 0 Å². The molecule has 14 heteroatoms. The van der Waals surface area contributed by atoms with Crippen LogP contribution in [0.1, 0.15) is 24.8 Å². The number of hydrogen-bond acceptors (Lipinski definition) is 7. The van der Waals surface area contributed by atoms with E-state index >= 15 is 0 Å². The van der Waals surface area contributed by atoms with Crippen molar-refractivity contribution in [1.82, 2.24) is 16.0 Å². The maximum atomic E-state index is 12.7. The normalized spacial score (nSPS) is 12.9. The second kappa shape index (κ2) is 14.8. The summed E-state index contributed by atoms with van der Waals surface area (Å²) in [5, 5.41) is 25.1. The molecule has 192 valence electrons. The predicted octanol–water partition coefficient (Wildman–Crippen LogP) is -2.74. The molecule has 0 fully saturated rings. The summed E-state index contributed by atoms with van der Waals surface area (Å²) in [7, 11) is 0. The second-order valence-corrected chi connectivity index (χ2v) is 7.58. The average molecular weight is 494 g/mol. The summed E-state index contributed by atoms with van der Waals surface area (Å²) in [6, 6.07) is 4.91. The van der Waals surface area contributed by atoms with E-state index in [1.165, 1.54) is 0 Å². The fraction of sp³-hybridized carbons (Fsp3) is 0.429. The summed E-state index contributed by atoms with van der Waals surface area (Å²) in [4.78, 5) is 63.1. The van der Waals surface area contributed by atoms with Gasteiger partial charge in [-0.2, -0.15) is 0 Å². The first-order valence-electron chi connectivity index (χ1n) is 10.7. The van der Waals surface area contributed by atoms with Gasteiger partial charge in [-0.05, 0) is 18.4 Å². The second-order valence-electron chi connectivity index (χ2n) is 7.58. The first kappa shape index (κ1) is 28.8. The van der Waals surface area contributed by atoms with Crippen molar-refractivity contribution in [1.29, 1.82) is 0 Å². The van der Waals surface area contributed by atoms with Crippen molar-refractivity contribution in [2.24, 2.45) is 22.2 Å². The molecule has 0 aliphatic carbocycles. The third kappa shape index (κ3) is 12.0. The molecule has 0 aliphatic rings. The Balaban J connectivity index is 2.74. The topological polar surface area (TPSA) is 252 Å². The fourth-order valence-corrected chi connectivity index (χ4v) is 2.92. The molecule has 35 heavy (non-hydrogen) atoms. The lowest BCUT2D eigenvalue weighted by Crippen LogP contribution is -2.54. The molecule has 1 rings (SSSR count). The highest BCUT2D eigenvalue weighted by atomic mass is 16.4. The highest BCUT2D eigenvalue weighted by Gasteiger charge is 2.26. The summed E-state index contributed by atoms with van der Waals surface area (Å²) in [6.07, 6.45) is -0.237. The Kier molecular flexibility index (Phi) is 12.2. The lowest BCUT2D eigenvalue weighted by atomic mass is 10.0. The van der Waals surface area contributed by atoms with Crippen LogP contribution in [0.5, 0.6) is 0 Å². The number of rotatable bonds is 15. The van der Waals surface area contributed by atoms with Gasteiger partial charge in [0.25, 0.3) is 0 Å². The smallest absolute Gasteiger partial charge is 0.326 e. The Hall–Kier alpha value is -4.20. The van der Waals surface area contributed by atoms with E-state index in [0.29, 0.717) is 12.0 Å². The monoisotopic (exact) mass is 493 g/mol. The van der Waals surface area contributed by atoms with E-state index in [9.17, 15) is 29.1 Å². The molecule has 14 nitrogen and oxygen atoms in total. The zero-order valence-electron chi connectivity index (χ0n) is 19.0. The van der Waals surface area contributed by atoms with Gasteiger partial charge in [0.15, 0.2) is 5.96 Å². The lowest BCUT2D eigenvalue weighted by molar-refractivity contribution is -0.142. The SMILES string of the molecule is NC(N)=NCCCC(NC(=O)CNC(=O)C(Cc1ccccc1)NC(=O)C(N)CC(=O)O)C(=O)O. The van der Waals surface area contributed by atoms with Crippen LogP contribution < -0.4 is 33.2 Å². The first-order valence-corrected chi connectivity index (χ1v) is 10.7. The number of carboxylic acid groups (broad SMARTS) is 2. The molecular weight excluding hydrogens is 462 g/mol. The van der Waals surface area contributed by atoms with Crippen LogP contribution in [0.25, 0.3) is 0 Å². The van der Waals surface area contributed by atoms with Crippen LogP contribution in [0.3, 0.4) is 0 Å². The zero-order chi connectivity index (χ0) is 26.4. The number of carbonyl (C=O) groups excluding carboxylic acids is 3. The maximum Gasteiger partial charge on any atom is 0.326 e. The van der Waals surface area contributed by atoms with Gasteiger partial charge >= 0.3 is 11.9 Å². The van der Waals surface area contributed by atoms with Crippen molar-refractivity contribution in [3.63, 3.8) is 0 Å². The minimum Gasteiger partial charge on any atom is -0.481 e. The number of carboxylic acids is 2. The summed E-state index contributed by atoms with van der Waals surface area (Å²) < 4.78 is 0. The van der Waals surface area contributed by atoms with Gasteiger partial charge in [0.05, 0.1) is 19.0 Å². The van der Waals surface area contributed by atoms with Crippen molar-refractivity contribution < 1.29 is 34.2 Å². The predicted molar refractivity (Wildman–Crippen MR) is 125 cm³/mol. The maximum absolute atomic E-state index is 12.7. The molecule has 0 saturated heterocycles. The third-order valence-electron chi connectivity index (χ3n) is 4.65. The summed E-state index contributed by atoms with van der Waals surface area (Å²) in [5.41, 5.74) is 16.7. The van der Waals surface area contributed by atoms with Gasteiger partial charge in [0.2, 0.25) is 17.7 Å². The Morgan fingerprint density at radius 2 is 1.60 bits per heavy atom. The number of aliphatic carboxylic acids is 2.